The highest BCUT2D eigenvalue weighted by Gasteiger charge is 2.55. The normalized spacial score (nSPS) is 14.0. The highest BCUT2D eigenvalue weighted by Crippen LogP contribution is 2.58. The Morgan fingerprint density at radius 3 is 1.23 bits per heavy atom. The van der Waals surface area contributed by atoms with Gasteiger partial charge in [-0.25, -0.2) is 14.8 Å². The number of hydrogen-bond acceptors (Lipinski definition) is 18. The Kier molecular flexibility index (Phi) is 39.0. The summed E-state index contributed by atoms with van der Waals surface area (Å²) in [5.74, 6) is 3.91. The largest absolute Gasteiger partial charge is 0.870 e. The molecule has 1 unspecified atom stereocenters. The lowest BCUT2D eigenvalue weighted by Crippen LogP contribution is -3.00. The lowest BCUT2D eigenvalue weighted by molar-refractivity contribution is -0.786. The minimum absolute atomic E-state index is 0. The van der Waals surface area contributed by atoms with Crippen LogP contribution in [0.4, 0.5) is 22.7 Å². The number of ether oxygens (including phenoxy) is 8. The first kappa shape index (κ1) is 87.8. The number of carbonyl (C=O) groups is 4. The zero-order chi connectivity index (χ0) is 72.0. The molecule has 18 nitrogen and oxygen atoms in total. The molecule has 2 spiro atoms. The minimum atomic E-state index is -1.08. The van der Waals surface area contributed by atoms with Crippen LogP contribution in [0.15, 0.2) is 121 Å². The molecule has 10 rings (SSSR count). The van der Waals surface area contributed by atoms with Crippen molar-refractivity contribution in [3.05, 3.63) is 166 Å². The number of quaternary nitrogens is 2. The average Bonchev–Trinajstić information content (AvgIpc) is 1.62. The highest BCUT2D eigenvalue weighted by atomic mass is 35.5. The van der Waals surface area contributed by atoms with Crippen LogP contribution < -0.4 is 28.8 Å². The molecule has 101 heavy (non-hydrogen) atoms. The highest BCUT2D eigenvalue weighted by molar-refractivity contribution is 8.64. The van der Waals surface area contributed by atoms with Gasteiger partial charge < -0.3 is 67.7 Å². The molecule has 554 valence electrons. The summed E-state index contributed by atoms with van der Waals surface area (Å²) in [4.78, 5) is 52.2. The third-order valence-corrected chi connectivity index (χ3v) is 23.6. The molecule has 6 aromatic carbocycles. The van der Waals surface area contributed by atoms with Gasteiger partial charge in [-0.2, -0.15) is 4.65 Å². The van der Waals surface area contributed by atoms with Crippen LogP contribution in [0.1, 0.15) is 152 Å². The average molecular weight is 1550 g/mol. The van der Waals surface area contributed by atoms with Gasteiger partial charge in [-0.05, 0) is 107 Å². The van der Waals surface area contributed by atoms with Crippen molar-refractivity contribution in [1.29, 1.82) is 0 Å². The van der Waals surface area contributed by atoms with E-state index in [-0.39, 0.29) is 41.1 Å². The minimum Gasteiger partial charge on any atom is -0.870 e. The van der Waals surface area contributed by atoms with E-state index in [2.05, 4.69) is 22.4 Å². The maximum atomic E-state index is 12.8. The molecule has 0 fully saturated rings. The number of unbranched alkanes of at least 4 members (excludes halogenated alkanes) is 6. The van der Waals surface area contributed by atoms with E-state index in [0.29, 0.717) is 92.3 Å². The maximum absolute atomic E-state index is 12.8. The molecule has 0 aliphatic carbocycles. The van der Waals surface area contributed by atoms with E-state index in [1.54, 1.807) is 34.0 Å². The quantitative estimate of drug-likeness (QED) is 0.0141. The monoisotopic (exact) mass is 1540 g/mol. The van der Waals surface area contributed by atoms with Gasteiger partial charge >= 0.3 is 11.9 Å². The molecule has 4 heterocycles. The molecular weight excluding hydrogens is 1440 g/mol. The van der Waals surface area contributed by atoms with Crippen molar-refractivity contribution in [3.63, 3.8) is 0 Å². The second-order valence-corrected chi connectivity index (χ2v) is 32.7. The molecular formula is C75H101Cl2N4O14S6+. The number of rotatable bonds is 30. The summed E-state index contributed by atoms with van der Waals surface area (Å²) in [6, 6.07) is 38.7. The number of nitrogens with zero attached hydrogens (tertiary/aromatic N) is 3. The van der Waals surface area contributed by atoms with Gasteiger partial charge in [0.15, 0.2) is 16.9 Å². The van der Waals surface area contributed by atoms with E-state index >= 15 is 0 Å². The lowest BCUT2D eigenvalue weighted by atomic mass is 9.77. The second-order valence-electron chi connectivity index (χ2n) is 24.9. The van der Waals surface area contributed by atoms with Crippen LogP contribution in [-0.2, 0) is 107 Å². The summed E-state index contributed by atoms with van der Waals surface area (Å²) in [5.41, 5.74) is 7.69. The van der Waals surface area contributed by atoms with Gasteiger partial charge in [-0.3, -0.25) is 0 Å². The van der Waals surface area contributed by atoms with Crippen molar-refractivity contribution in [3.8, 4) is 23.0 Å². The number of Topliss-reactive ketones (excluding diaryl/α,β-unsaturated/α-hetero) is 2. The fourth-order valence-corrected chi connectivity index (χ4v) is 17.2. The Morgan fingerprint density at radius 1 is 0.505 bits per heavy atom. The number of benzene rings is 6. The van der Waals surface area contributed by atoms with Crippen LogP contribution in [0.2, 0.25) is 0 Å². The Labute approximate surface area is 629 Å². The topological polar surface area (TPSA) is 203 Å². The molecule has 0 aromatic heterocycles. The van der Waals surface area contributed by atoms with E-state index < -0.39 is 11.2 Å². The number of nitrogens with one attached hydrogen (secondary N) is 1. The van der Waals surface area contributed by atoms with Crippen LogP contribution >= 0.6 is 23.2 Å². The van der Waals surface area contributed by atoms with Gasteiger partial charge in [0.25, 0.3) is 0 Å². The van der Waals surface area contributed by atoms with E-state index in [0.717, 1.165) is 119 Å². The standard InChI is InChI=1S/C24H23N2O4.C24H22N2O3.2C13H25ClO3.CH4.H2O.S6/c1-25(2)15-9-11-19-21(13-15)29-22-14-16(26(3,4)28)10-12-20(22)24(19)18-8-6-5-7-17(18)23(27)30-24;1-25(2)15-9-11-19-21(13-15)28-22-14-16(26(3)4)10-12-20(22)24(19)18-8-6-5-7-17(18)23(27)29-24;2*1-13(15)7-6-10-17-12-11-16-9-5-3-2-4-8-14;;;1-3-5-6-4-2/h5-14,28H,1-4H3;5-14H,1-4H3;2*2-12H2,1H3;1H4;1H2;/q+1;;;;;;. The number of fused-ring (bicyclic) bond motifs is 12. The summed E-state index contributed by atoms with van der Waals surface area (Å²) >= 11 is 20.2. The first-order valence-corrected chi connectivity index (χ1v) is 41.0. The number of halogens is 2. The fourth-order valence-electron chi connectivity index (χ4n) is 11.3. The van der Waals surface area contributed by atoms with E-state index in [4.69, 9.17) is 61.1 Å². The Balaban J connectivity index is 0.000000285. The fraction of sp³-hybridized carbons (Fsp3) is 0.467. The van der Waals surface area contributed by atoms with Crippen molar-refractivity contribution in [2.45, 2.75) is 110 Å². The molecule has 0 saturated heterocycles. The molecule has 4 aliphatic rings. The first-order chi connectivity index (χ1) is 47.6. The third kappa shape index (κ3) is 25.0. The van der Waals surface area contributed by atoms with Crippen molar-refractivity contribution in [2.24, 2.45) is 0 Å². The molecule has 1 atom stereocenters. The summed E-state index contributed by atoms with van der Waals surface area (Å²) in [6.07, 6.45) is 12.0. The van der Waals surface area contributed by atoms with Crippen molar-refractivity contribution < 1.29 is 72.7 Å². The van der Waals surface area contributed by atoms with Crippen molar-refractivity contribution >= 4 is 127 Å². The molecule has 0 radical (unpaired) electrons. The van der Waals surface area contributed by atoms with Gasteiger partial charge in [0.1, 0.15) is 54.3 Å². The van der Waals surface area contributed by atoms with Crippen LogP contribution in [0.25, 0.3) is 0 Å². The molecule has 4 aliphatic heterocycles. The number of alkyl halides is 2. The summed E-state index contributed by atoms with van der Waals surface area (Å²) in [6.45, 7) is 8.67. The van der Waals surface area contributed by atoms with Crippen LogP contribution in [-0.4, -0.2) is 155 Å². The molecule has 0 bridgehead atoms. The molecule has 3 N–H and O–H groups in total. The third-order valence-electron chi connectivity index (χ3n) is 16.4. The number of anilines is 2. The van der Waals surface area contributed by atoms with Crippen LogP contribution in [0.5, 0.6) is 23.0 Å². The molecule has 0 amide bonds. The van der Waals surface area contributed by atoms with Gasteiger partial charge in [-0.15, -0.1) is 23.2 Å². The molecule has 6 aromatic rings. The van der Waals surface area contributed by atoms with Crippen LogP contribution in [0, 0.1) is 0 Å². The van der Waals surface area contributed by atoms with Crippen molar-refractivity contribution in [1.82, 2.24) is 4.65 Å². The van der Waals surface area contributed by atoms with Gasteiger partial charge in [0.05, 0.1) is 51.6 Å². The second kappa shape index (κ2) is 44.9. The number of carbonyl (C=O) groups excluding carboxylic acids is 4. The number of hydrogen-bond donors (Lipinski definition) is 2. The lowest BCUT2D eigenvalue weighted by Gasteiger charge is -2.37. The van der Waals surface area contributed by atoms with Gasteiger partial charge in [-0.1, -0.05) is 69.5 Å². The van der Waals surface area contributed by atoms with Crippen LogP contribution in [0.3, 0.4) is 0 Å². The van der Waals surface area contributed by atoms with E-state index in [1.807, 2.05) is 167 Å². The molecule has 26 heteroatoms. The van der Waals surface area contributed by atoms with E-state index in [1.165, 1.54) is 61.2 Å². The Bertz CT molecular complexity index is 3720. The Morgan fingerprint density at radius 2 is 0.861 bits per heavy atom. The summed E-state index contributed by atoms with van der Waals surface area (Å²) in [5, 5.41) is 10.5. The smallest absolute Gasteiger partial charge is 0.340 e. The molecule has 0 saturated carbocycles. The summed E-state index contributed by atoms with van der Waals surface area (Å²) in [7, 11) is 21.0. The number of esters is 2. The predicted octanol–water partition coefficient (Wildman–Crippen LogP) is 14.2. The zero-order valence-electron chi connectivity index (χ0n) is 58.9. The van der Waals surface area contributed by atoms with E-state index in [9.17, 15) is 24.4 Å². The Hall–Kier alpha value is -5.62. The van der Waals surface area contributed by atoms with Gasteiger partial charge in [0.2, 0.25) is 0 Å². The van der Waals surface area contributed by atoms with Crippen molar-refractivity contribution in [2.75, 3.05) is 131 Å². The summed E-state index contributed by atoms with van der Waals surface area (Å²) < 4.78 is 46.1. The SMILES string of the molecule is C.CC(=O)CCCOCCOCCCCCCCl.CC(=O)CCCOCCOCCCCCCCl.CN(C)c1ccc2c(c1)Oc1cc(N(C)C)ccc1C21OC(=O)c2ccccc21.C[NH+](C)c1ccc2c(c1)Oc1cc([N+](C)(C)O)ccc1C21OC(=O)c2ccccc21.S=S=S=S=S=S.[OH-]. The number of hydroxylamine groups is 2. The first-order valence-electron chi connectivity index (χ1n) is 33.2. The van der Waals surface area contributed by atoms with Gasteiger partial charge in [0, 0.05) is 212 Å². The predicted molar refractivity (Wildman–Crippen MR) is 420 cm³/mol. The zero-order valence-corrected chi connectivity index (χ0v) is 65.4. The maximum Gasteiger partial charge on any atom is 0.340 e. The number of ketones is 2.